The molecule has 1 fully saturated rings. The van der Waals surface area contributed by atoms with Crippen molar-refractivity contribution < 1.29 is 41.0 Å². The van der Waals surface area contributed by atoms with Crippen LogP contribution >= 0.6 is 0 Å². The lowest BCUT2D eigenvalue weighted by Crippen LogP contribution is -2.42. The molecule has 0 radical (unpaired) electrons. The van der Waals surface area contributed by atoms with Gasteiger partial charge in [0.25, 0.3) is 0 Å². The number of carbonyl (C=O) groups is 2. The highest BCUT2D eigenvalue weighted by Crippen LogP contribution is 2.40. The van der Waals surface area contributed by atoms with Crippen molar-refractivity contribution in [1.82, 2.24) is 0 Å². The second kappa shape index (κ2) is 8.36. The number of carbonyl (C=O) groups excluding carboxylic acids is 2. The minimum Gasteiger partial charge on any atom is -0.395 e. The molecule has 0 bridgehead atoms. The first-order valence-electron chi connectivity index (χ1n) is 9.76. The molecule has 1 aliphatic rings. The number of aliphatic hydroxyl groups excluding tert-OH is 1. The van der Waals surface area contributed by atoms with Gasteiger partial charge in [-0.1, -0.05) is 18.2 Å². The summed E-state index contributed by atoms with van der Waals surface area (Å²) in [5, 5.41) is 12.0. The molecule has 0 aromatic heterocycles. The molecule has 3 rings (SSSR count). The largest absolute Gasteiger partial charge is 0.416 e. The predicted molar refractivity (Wildman–Crippen MR) is 107 cm³/mol. The Morgan fingerprint density at radius 3 is 2.00 bits per heavy atom. The molecule has 0 aliphatic carbocycles. The highest BCUT2D eigenvalue weighted by molar-refractivity contribution is 6.06. The van der Waals surface area contributed by atoms with Gasteiger partial charge in [0, 0.05) is 24.3 Å². The van der Waals surface area contributed by atoms with E-state index in [1.54, 1.807) is 32.0 Å². The summed E-state index contributed by atoms with van der Waals surface area (Å²) in [6, 6.07) is 5.95. The number of amides is 2. The first-order valence-corrected chi connectivity index (χ1v) is 9.76. The average molecular weight is 474 g/mol. The molecule has 1 atom stereocenters. The SMILES string of the molecule is Cc1cccc(C)c1N1CC(CO)(C(=O)Nc2cc(C(F)(F)F)cc(C(F)(F)F)c2)CC1=O. The van der Waals surface area contributed by atoms with E-state index in [1.807, 2.05) is 5.32 Å². The third-order valence-corrected chi connectivity index (χ3v) is 5.59. The zero-order valence-corrected chi connectivity index (χ0v) is 17.6. The molecule has 1 saturated heterocycles. The van der Waals surface area contributed by atoms with E-state index in [0.29, 0.717) is 17.8 Å². The fourth-order valence-corrected chi connectivity index (χ4v) is 3.89. The van der Waals surface area contributed by atoms with Crippen LogP contribution in [0.2, 0.25) is 0 Å². The van der Waals surface area contributed by atoms with Gasteiger partial charge in [-0.15, -0.1) is 0 Å². The number of alkyl halides is 6. The molecule has 0 spiro atoms. The Bertz CT molecular complexity index is 1040. The van der Waals surface area contributed by atoms with Gasteiger partial charge in [-0.05, 0) is 43.2 Å². The molecule has 0 saturated carbocycles. The number of hydrogen-bond acceptors (Lipinski definition) is 3. The Labute approximate surface area is 185 Å². The number of nitrogens with zero attached hydrogens (tertiary/aromatic N) is 1. The van der Waals surface area contributed by atoms with Gasteiger partial charge in [0.2, 0.25) is 11.8 Å². The standard InChI is InChI=1S/C22H20F6N2O3/c1-12-4-3-5-13(2)18(12)30-10-20(11-31,9-17(30)32)19(33)29-16-7-14(21(23,24)25)6-15(8-16)22(26,27)28/h3-8,31H,9-11H2,1-2H3,(H,29,33). The van der Waals surface area contributed by atoms with Crippen LogP contribution in [0.1, 0.15) is 28.7 Å². The van der Waals surface area contributed by atoms with E-state index in [0.717, 1.165) is 11.1 Å². The van der Waals surface area contributed by atoms with Gasteiger partial charge in [-0.2, -0.15) is 26.3 Å². The normalized spacial score (nSPS) is 19.2. The van der Waals surface area contributed by atoms with Gasteiger partial charge in [0.1, 0.15) is 0 Å². The summed E-state index contributed by atoms with van der Waals surface area (Å²) >= 11 is 0. The second-order valence-corrected chi connectivity index (χ2v) is 8.08. The van der Waals surface area contributed by atoms with Crippen molar-refractivity contribution in [2.45, 2.75) is 32.6 Å². The molecule has 2 N–H and O–H groups in total. The van der Waals surface area contributed by atoms with Crippen molar-refractivity contribution in [3.05, 3.63) is 58.7 Å². The summed E-state index contributed by atoms with van der Waals surface area (Å²) < 4.78 is 78.7. The monoisotopic (exact) mass is 474 g/mol. The molecule has 2 aromatic carbocycles. The van der Waals surface area contributed by atoms with Crippen LogP contribution in [0.3, 0.4) is 0 Å². The molecule has 1 heterocycles. The fourth-order valence-electron chi connectivity index (χ4n) is 3.89. The summed E-state index contributed by atoms with van der Waals surface area (Å²) in [6.45, 7) is 2.37. The van der Waals surface area contributed by atoms with Crippen molar-refractivity contribution in [2.24, 2.45) is 5.41 Å². The minimum absolute atomic E-state index is 0.0563. The van der Waals surface area contributed by atoms with E-state index in [9.17, 15) is 41.0 Å². The lowest BCUT2D eigenvalue weighted by atomic mass is 9.86. The fraction of sp³-hybridized carbons (Fsp3) is 0.364. The van der Waals surface area contributed by atoms with E-state index < -0.39 is 59.4 Å². The van der Waals surface area contributed by atoms with E-state index in [2.05, 4.69) is 0 Å². The number of hydrogen-bond donors (Lipinski definition) is 2. The lowest BCUT2D eigenvalue weighted by Gasteiger charge is -2.27. The summed E-state index contributed by atoms with van der Waals surface area (Å²) in [4.78, 5) is 27.0. The quantitative estimate of drug-likeness (QED) is 0.632. The number of aliphatic hydroxyl groups is 1. The number of halogens is 6. The van der Waals surface area contributed by atoms with Gasteiger partial charge < -0.3 is 15.3 Å². The molecule has 11 heteroatoms. The summed E-state index contributed by atoms with van der Waals surface area (Å²) in [7, 11) is 0. The smallest absolute Gasteiger partial charge is 0.395 e. The number of para-hydroxylation sites is 1. The molecule has 2 amide bonds. The van der Waals surface area contributed by atoms with E-state index in [-0.39, 0.29) is 12.6 Å². The molecular formula is C22H20F6N2O3. The molecule has 2 aromatic rings. The van der Waals surface area contributed by atoms with Crippen molar-refractivity contribution in [3.63, 3.8) is 0 Å². The number of benzene rings is 2. The molecule has 178 valence electrons. The van der Waals surface area contributed by atoms with E-state index in [1.165, 1.54) is 4.90 Å². The molecule has 5 nitrogen and oxygen atoms in total. The predicted octanol–water partition coefficient (Wildman–Crippen LogP) is 4.70. The zero-order chi connectivity index (χ0) is 24.8. The van der Waals surface area contributed by atoms with Gasteiger partial charge in [-0.3, -0.25) is 9.59 Å². The molecule has 1 aliphatic heterocycles. The molecular weight excluding hydrogens is 454 g/mol. The summed E-state index contributed by atoms with van der Waals surface area (Å²) in [6.07, 6.45) is -10.6. The lowest BCUT2D eigenvalue weighted by molar-refractivity contribution is -0.143. The third-order valence-electron chi connectivity index (χ3n) is 5.59. The molecule has 1 unspecified atom stereocenters. The third kappa shape index (κ3) is 4.82. The van der Waals surface area contributed by atoms with Crippen LogP contribution in [-0.4, -0.2) is 30.1 Å². The Balaban J connectivity index is 1.96. The van der Waals surface area contributed by atoms with Crippen LogP contribution in [0.25, 0.3) is 0 Å². The number of anilines is 2. The van der Waals surface area contributed by atoms with Gasteiger partial charge >= 0.3 is 12.4 Å². The summed E-state index contributed by atoms with van der Waals surface area (Å²) in [5.74, 6) is -1.56. The van der Waals surface area contributed by atoms with Crippen LogP contribution in [0.5, 0.6) is 0 Å². The van der Waals surface area contributed by atoms with Crippen LogP contribution in [0.4, 0.5) is 37.7 Å². The Morgan fingerprint density at radius 2 is 1.55 bits per heavy atom. The summed E-state index contributed by atoms with van der Waals surface area (Å²) in [5.41, 5.74) is -3.69. The Kier molecular flexibility index (Phi) is 6.22. The van der Waals surface area contributed by atoms with Crippen LogP contribution in [0, 0.1) is 19.3 Å². The maximum atomic E-state index is 13.1. The van der Waals surface area contributed by atoms with Crippen molar-refractivity contribution in [3.8, 4) is 0 Å². The topological polar surface area (TPSA) is 69.6 Å². The van der Waals surface area contributed by atoms with Crippen molar-refractivity contribution in [2.75, 3.05) is 23.4 Å². The van der Waals surface area contributed by atoms with Crippen LogP contribution in [0.15, 0.2) is 36.4 Å². The maximum Gasteiger partial charge on any atom is 0.416 e. The highest BCUT2D eigenvalue weighted by atomic mass is 19.4. The maximum absolute atomic E-state index is 13.1. The number of nitrogens with one attached hydrogen (secondary N) is 1. The zero-order valence-electron chi connectivity index (χ0n) is 17.6. The molecule has 33 heavy (non-hydrogen) atoms. The first kappa shape index (κ1) is 24.6. The minimum atomic E-state index is -5.09. The Morgan fingerprint density at radius 1 is 1.03 bits per heavy atom. The van der Waals surface area contributed by atoms with Crippen LogP contribution in [-0.2, 0) is 21.9 Å². The average Bonchev–Trinajstić information content (AvgIpc) is 3.04. The van der Waals surface area contributed by atoms with Gasteiger partial charge in [-0.25, -0.2) is 0 Å². The van der Waals surface area contributed by atoms with Crippen molar-refractivity contribution >= 4 is 23.2 Å². The second-order valence-electron chi connectivity index (χ2n) is 8.08. The van der Waals surface area contributed by atoms with E-state index >= 15 is 0 Å². The first-order chi connectivity index (χ1) is 15.2. The number of rotatable bonds is 4. The highest BCUT2D eigenvalue weighted by Gasteiger charge is 2.50. The Hall–Kier alpha value is -3.08. The van der Waals surface area contributed by atoms with Crippen molar-refractivity contribution in [1.29, 1.82) is 0 Å². The van der Waals surface area contributed by atoms with Gasteiger partial charge in [0.15, 0.2) is 0 Å². The van der Waals surface area contributed by atoms with Crippen LogP contribution < -0.4 is 10.2 Å². The number of aryl methyl sites for hydroxylation is 2. The van der Waals surface area contributed by atoms with E-state index in [4.69, 9.17) is 0 Å². The van der Waals surface area contributed by atoms with Gasteiger partial charge in [0.05, 0.1) is 23.1 Å².